The SMILES string of the molecule is COCCOCCNC(=O)c1[nH]ncc1N. The minimum Gasteiger partial charge on any atom is -0.396 e. The Morgan fingerprint density at radius 3 is 3.00 bits per heavy atom. The predicted octanol–water partition coefficient (Wildman–Crippen LogP) is -0.615. The van der Waals surface area contributed by atoms with Gasteiger partial charge in [0.25, 0.3) is 5.91 Å². The van der Waals surface area contributed by atoms with E-state index >= 15 is 0 Å². The third-order valence-corrected chi connectivity index (χ3v) is 1.86. The summed E-state index contributed by atoms with van der Waals surface area (Å²) in [6.45, 7) is 1.91. The number of aromatic nitrogens is 2. The fraction of sp³-hybridized carbons (Fsp3) is 0.556. The third-order valence-electron chi connectivity index (χ3n) is 1.86. The molecule has 1 aromatic heterocycles. The average molecular weight is 228 g/mol. The summed E-state index contributed by atoms with van der Waals surface area (Å²) in [7, 11) is 1.60. The first-order valence-corrected chi connectivity index (χ1v) is 4.89. The number of carbonyl (C=O) groups excluding carboxylic acids is 1. The zero-order valence-corrected chi connectivity index (χ0v) is 9.16. The van der Waals surface area contributed by atoms with Crippen molar-refractivity contribution in [2.75, 3.05) is 39.2 Å². The van der Waals surface area contributed by atoms with Crippen LogP contribution in [0.5, 0.6) is 0 Å². The summed E-state index contributed by atoms with van der Waals surface area (Å²) in [6, 6.07) is 0. The number of nitrogens with two attached hydrogens (primary N) is 1. The molecule has 0 aliphatic rings. The second kappa shape index (κ2) is 6.81. The zero-order chi connectivity index (χ0) is 11.8. The molecule has 90 valence electrons. The molecule has 0 bridgehead atoms. The van der Waals surface area contributed by atoms with Gasteiger partial charge in [-0.3, -0.25) is 9.89 Å². The van der Waals surface area contributed by atoms with E-state index in [1.54, 1.807) is 7.11 Å². The normalized spacial score (nSPS) is 10.3. The van der Waals surface area contributed by atoms with Crippen LogP contribution in [-0.2, 0) is 9.47 Å². The van der Waals surface area contributed by atoms with Gasteiger partial charge in [0.2, 0.25) is 0 Å². The summed E-state index contributed by atoms with van der Waals surface area (Å²) in [5.74, 6) is -0.287. The number of hydrogen-bond acceptors (Lipinski definition) is 5. The molecule has 7 nitrogen and oxygen atoms in total. The molecule has 0 aliphatic heterocycles. The van der Waals surface area contributed by atoms with Crippen LogP contribution in [0.2, 0.25) is 0 Å². The molecule has 0 atom stereocenters. The molecular formula is C9H16N4O3. The molecule has 0 unspecified atom stereocenters. The van der Waals surface area contributed by atoms with Crippen molar-refractivity contribution in [2.24, 2.45) is 0 Å². The van der Waals surface area contributed by atoms with Crippen LogP contribution < -0.4 is 11.1 Å². The topological polar surface area (TPSA) is 102 Å². The number of nitrogen functional groups attached to an aromatic ring is 1. The number of methoxy groups -OCH3 is 1. The number of nitrogens with zero attached hydrogens (tertiary/aromatic N) is 1. The molecule has 1 rings (SSSR count). The number of nitrogens with one attached hydrogen (secondary N) is 2. The molecule has 4 N–H and O–H groups in total. The van der Waals surface area contributed by atoms with E-state index in [0.29, 0.717) is 32.1 Å². The minimum atomic E-state index is -0.287. The second-order valence-electron chi connectivity index (χ2n) is 3.06. The van der Waals surface area contributed by atoms with Gasteiger partial charge in [0.05, 0.1) is 31.7 Å². The maximum atomic E-state index is 11.5. The Balaban J connectivity index is 2.14. The lowest BCUT2D eigenvalue weighted by Crippen LogP contribution is -2.28. The fourth-order valence-electron chi connectivity index (χ4n) is 1.05. The molecule has 0 radical (unpaired) electrons. The highest BCUT2D eigenvalue weighted by Gasteiger charge is 2.10. The van der Waals surface area contributed by atoms with E-state index in [-0.39, 0.29) is 11.6 Å². The second-order valence-corrected chi connectivity index (χ2v) is 3.06. The van der Waals surface area contributed by atoms with Crippen molar-refractivity contribution < 1.29 is 14.3 Å². The Hall–Kier alpha value is -1.60. The van der Waals surface area contributed by atoms with E-state index in [1.165, 1.54) is 6.20 Å². The van der Waals surface area contributed by atoms with Gasteiger partial charge in [-0.05, 0) is 0 Å². The highest BCUT2D eigenvalue weighted by molar-refractivity contribution is 5.96. The summed E-state index contributed by atoms with van der Waals surface area (Å²) >= 11 is 0. The number of ether oxygens (including phenoxy) is 2. The van der Waals surface area contributed by atoms with E-state index in [4.69, 9.17) is 15.2 Å². The lowest BCUT2D eigenvalue weighted by molar-refractivity contribution is 0.0692. The van der Waals surface area contributed by atoms with Crippen LogP contribution in [-0.4, -0.2) is 49.6 Å². The van der Waals surface area contributed by atoms with E-state index in [9.17, 15) is 4.79 Å². The van der Waals surface area contributed by atoms with Crippen molar-refractivity contribution in [1.29, 1.82) is 0 Å². The lowest BCUT2D eigenvalue weighted by atomic mass is 10.3. The van der Waals surface area contributed by atoms with E-state index < -0.39 is 0 Å². The zero-order valence-electron chi connectivity index (χ0n) is 9.16. The molecule has 1 heterocycles. The summed E-state index contributed by atoms with van der Waals surface area (Å²) in [5.41, 5.74) is 6.12. The van der Waals surface area contributed by atoms with Gasteiger partial charge in [0.15, 0.2) is 0 Å². The Bertz CT molecular complexity index is 326. The van der Waals surface area contributed by atoms with Crippen LogP contribution in [0.3, 0.4) is 0 Å². The summed E-state index contributed by atoms with van der Waals surface area (Å²) in [4.78, 5) is 11.5. The number of amides is 1. The van der Waals surface area contributed by atoms with E-state index in [2.05, 4.69) is 15.5 Å². The van der Waals surface area contributed by atoms with Gasteiger partial charge in [0.1, 0.15) is 5.69 Å². The van der Waals surface area contributed by atoms with E-state index in [0.717, 1.165) is 0 Å². The maximum Gasteiger partial charge on any atom is 0.271 e. The Labute approximate surface area is 93.3 Å². The largest absolute Gasteiger partial charge is 0.396 e. The number of aromatic amines is 1. The van der Waals surface area contributed by atoms with Crippen molar-refractivity contribution in [3.8, 4) is 0 Å². The van der Waals surface area contributed by atoms with Gasteiger partial charge in [0, 0.05) is 13.7 Å². The van der Waals surface area contributed by atoms with Crippen molar-refractivity contribution in [2.45, 2.75) is 0 Å². The quantitative estimate of drug-likeness (QED) is 0.540. The molecule has 0 aliphatic carbocycles. The molecule has 0 saturated heterocycles. The summed E-state index contributed by atoms with van der Waals surface area (Å²) in [5, 5.41) is 8.82. The fourth-order valence-corrected chi connectivity index (χ4v) is 1.05. The van der Waals surface area contributed by atoms with Crippen LogP contribution in [0.1, 0.15) is 10.5 Å². The first-order valence-electron chi connectivity index (χ1n) is 4.89. The standard InChI is InChI=1S/C9H16N4O3/c1-15-4-5-16-3-2-11-9(14)8-7(10)6-12-13-8/h6H,2-5,10H2,1H3,(H,11,14)(H,12,13). The van der Waals surface area contributed by atoms with Gasteiger partial charge in [-0.25, -0.2) is 0 Å². The van der Waals surface area contributed by atoms with Gasteiger partial charge in [-0.1, -0.05) is 0 Å². The smallest absolute Gasteiger partial charge is 0.271 e. The number of carbonyl (C=O) groups is 1. The molecule has 7 heteroatoms. The number of rotatable bonds is 7. The van der Waals surface area contributed by atoms with Gasteiger partial charge >= 0.3 is 0 Å². The highest BCUT2D eigenvalue weighted by atomic mass is 16.5. The van der Waals surface area contributed by atoms with Gasteiger partial charge < -0.3 is 20.5 Å². The molecule has 1 aromatic rings. The van der Waals surface area contributed by atoms with Crippen LogP contribution in [0.15, 0.2) is 6.20 Å². The summed E-state index contributed by atoms with van der Waals surface area (Å²) in [6.07, 6.45) is 1.39. The molecule has 0 saturated carbocycles. The number of H-pyrrole nitrogens is 1. The highest BCUT2D eigenvalue weighted by Crippen LogP contribution is 2.04. The Kier molecular flexibility index (Phi) is 5.30. The Morgan fingerprint density at radius 2 is 2.38 bits per heavy atom. The Morgan fingerprint density at radius 1 is 1.56 bits per heavy atom. The van der Waals surface area contributed by atoms with Crippen molar-refractivity contribution >= 4 is 11.6 Å². The minimum absolute atomic E-state index is 0.275. The molecule has 0 aromatic carbocycles. The van der Waals surface area contributed by atoms with Crippen molar-refractivity contribution in [1.82, 2.24) is 15.5 Å². The van der Waals surface area contributed by atoms with Crippen molar-refractivity contribution in [3.05, 3.63) is 11.9 Å². The number of anilines is 1. The third kappa shape index (κ3) is 3.87. The molecule has 0 spiro atoms. The van der Waals surface area contributed by atoms with Crippen LogP contribution in [0, 0.1) is 0 Å². The average Bonchev–Trinajstić information content (AvgIpc) is 2.69. The summed E-state index contributed by atoms with van der Waals surface area (Å²) < 4.78 is 9.98. The first kappa shape index (κ1) is 12.5. The van der Waals surface area contributed by atoms with Crippen LogP contribution in [0.4, 0.5) is 5.69 Å². The van der Waals surface area contributed by atoms with Gasteiger partial charge in [-0.2, -0.15) is 5.10 Å². The molecule has 0 fully saturated rings. The monoisotopic (exact) mass is 228 g/mol. The molecule has 16 heavy (non-hydrogen) atoms. The molecular weight excluding hydrogens is 212 g/mol. The van der Waals surface area contributed by atoms with Crippen LogP contribution in [0.25, 0.3) is 0 Å². The first-order chi connectivity index (χ1) is 7.75. The number of hydrogen-bond donors (Lipinski definition) is 3. The lowest BCUT2D eigenvalue weighted by Gasteiger charge is -2.05. The van der Waals surface area contributed by atoms with Crippen LogP contribution >= 0.6 is 0 Å². The van der Waals surface area contributed by atoms with Crippen molar-refractivity contribution in [3.63, 3.8) is 0 Å². The van der Waals surface area contributed by atoms with E-state index in [1.807, 2.05) is 0 Å². The molecule has 1 amide bonds. The maximum absolute atomic E-state index is 11.5. The predicted molar refractivity (Wildman–Crippen MR) is 58.0 cm³/mol. The van der Waals surface area contributed by atoms with Gasteiger partial charge in [-0.15, -0.1) is 0 Å².